The zero-order valence-electron chi connectivity index (χ0n) is 11.0. The summed E-state index contributed by atoms with van der Waals surface area (Å²) in [5, 5.41) is 6.40. The largest absolute Gasteiger partial charge is 0.496 e. The Morgan fingerprint density at radius 1 is 1.42 bits per heavy atom. The summed E-state index contributed by atoms with van der Waals surface area (Å²) >= 11 is 6.11. The molecule has 19 heavy (non-hydrogen) atoms. The van der Waals surface area contributed by atoms with Crippen LogP contribution >= 0.6 is 11.6 Å². The summed E-state index contributed by atoms with van der Waals surface area (Å²) in [5.74, 6) is 0.689. The molecule has 104 valence electrons. The molecule has 0 aromatic heterocycles. The van der Waals surface area contributed by atoms with Crippen molar-refractivity contribution in [1.29, 1.82) is 0 Å². The molecular formula is C14H19ClN2O2. The number of ether oxygens (including phenoxy) is 1. The minimum Gasteiger partial charge on any atom is -0.496 e. The third kappa shape index (κ3) is 3.77. The Morgan fingerprint density at radius 3 is 2.84 bits per heavy atom. The number of hydrogen-bond acceptors (Lipinski definition) is 2. The van der Waals surface area contributed by atoms with Crippen LogP contribution in [0.4, 0.5) is 4.79 Å². The van der Waals surface area contributed by atoms with E-state index in [-0.39, 0.29) is 6.03 Å². The standard InChI is InChI=1S/C14H19ClN2O2/c1-19-13-8-4-7-12(15)11(13)9-16-14(18)17-10-5-2-3-6-10/h4,7-8,10H,2-3,5-6,9H2,1H3,(H2,16,17,18). The molecule has 2 amide bonds. The molecule has 0 spiro atoms. The molecule has 0 atom stereocenters. The SMILES string of the molecule is COc1cccc(Cl)c1CNC(=O)NC1CCCC1. The molecule has 5 heteroatoms. The van der Waals surface area contributed by atoms with Gasteiger partial charge in [-0.15, -0.1) is 0 Å². The first-order valence-corrected chi connectivity index (χ1v) is 6.94. The summed E-state index contributed by atoms with van der Waals surface area (Å²) in [6, 6.07) is 5.61. The van der Waals surface area contributed by atoms with Gasteiger partial charge in [0.2, 0.25) is 0 Å². The number of methoxy groups -OCH3 is 1. The number of carbonyl (C=O) groups excluding carboxylic acids is 1. The number of benzene rings is 1. The van der Waals surface area contributed by atoms with Crippen molar-refractivity contribution in [2.24, 2.45) is 0 Å². The van der Waals surface area contributed by atoms with Gasteiger partial charge in [0.25, 0.3) is 0 Å². The highest BCUT2D eigenvalue weighted by Crippen LogP contribution is 2.25. The number of carbonyl (C=O) groups is 1. The van der Waals surface area contributed by atoms with E-state index in [1.807, 2.05) is 12.1 Å². The molecule has 2 rings (SSSR count). The first-order chi connectivity index (χ1) is 9.20. The van der Waals surface area contributed by atoms with E-state index in [9.17, 15) is 4.79 Å². The van der Waals surface area contributed by atoms with Crippen molar-refractivity contribution < 1.29 is 9.53 Å². The van der Waals surface area contributed by atoms with Crippen molar-refractivity contribution in [1.82, 2.24) is 10.6 Å². The second-order valence-electron chi connectivity index (χ2n) is 4.73. The molecule has 1 aliphatic rings. The van der Waals surface area contributed by atoms with Crippen molar-refractivity contribution in [3.63, 3.8) is 0 Å². The minimum atomic E-state index is -0.145. The molecule has 0 aliphatic heterocycles. The summed E-state index contributed by atoms with van der Waals surface area (Å²) < 4.78 is 5.24. The van der Waals surface area contributed by atoms with Gasteiger partial charge in [0.1, 0.15) is 5.75 Å². The van der Waals surface area contributed by atoms with E-state index in [2.05, 4.69) is 10.6 Å². The molecule has 1 aromatic rings. The maximum atomic E-state index is 11.8. The predicted molar refractivity (Wildman–Crippen MR) is 75.6 cm³/mol. The molecule has 4 nitrogen and oxygen atoms in total. The van der Waals surface area contributed by atoms with Gasteiger partial charge in [0.15, 0.2) is 0 Å². The highest BCUT2D eigenvalue weighted by Gasteiger charge is 2.17. The van der Waals surface area contributed by atoms with Crippen LogP contribution in [0.5, 0.6) is 5.75 Å². The topological polar surface area (TPSA) is 50.4 Å². The minimum absolute atomic E-state index is 0.145. The Kier molecular flexibility index (Phi) is 4.91. The predicted octanol–water partition coefficient (Wildman–Crippen LogP) is 3.09. The zero-order chi connectivity index (χ0) is 13.7. The summed E-state index contributed by atoms with van der Waals surface area (Å²) in [4.78, 5) is 11.8. The number of hydrogen-bond donors (Lipinski definition) is 2. The molecule has 0 unspecified atom stereocenters. The summed E-state index contributed by atoms with van der Waals surface area (Å²) in [7, 11) is 1.59. The highest BCUT2D eigenvalue weighted by atomic mass is 35.5. The maximum Gasteiger partial charge on any atom is 0.315 e. The number of halogens is 1. The van der Waals surface area contributed by atoms with E-state index in [1.54, 1.807) is 13.2 Å². The molecule has 0 saturated heterocycles. The molecule has 0 bridgehead atoms. The number of urea groups is 1. The Bertz CT molecular complexity index is 445. The van der Waals surface area contributed by atoms with Crippen LogP contribution in [0.15, 0.2) is 18.2 Å². The number of nitrogens with one attached hydrogen (secondary N) is 2. The van der Waals surface area contributed by atoms with Crippen LogP contribution in [0.3, 0.4) is 0 Å². The quantitative estimate of drug-likeness (QED) is 0.892. The Morgan fingerprint density at radius 2 is 2.16 bits per heavy atom. The van der Waals surface area contributed by atoms with Crippen LogP contribution in [0.1, 0.15) is 31.2 Å². The van der Waals surface area contributed by atoms with Gasteiger partial charge in [0, 0.05) is 23.2 Å². The Hall–Kier alpha value is -1.42. The van der Waals surface area contributed by atoms with Gasteiger partial charge in [-0.1, -0.05) is 30.5 Å². The Balaban J connectivity index is 1.89. The monoisotopic (exact) mass is 282 g/mol. The summed E-state index contributed by atoms with van der Waals surface area (Å²) in [5.41, 5.74) is 0.799. The lowest BCUT2D eigenvalue weighted by Crippen LogP contribution is -2.40. The van der Waals surface area contributed by atoms with E-state index < -0.39 is 0 Å². The van der Waals surface area contributed by atoms with Gasteiger partial charge in [-0.2, -0.15) is 0 Å². The van der Waals surface area contributed by atoms with Crippen LogP contribution in [0.2, 0.25) is 5.02 Å². The third-order valence-corrected chi connectivity index (χ3v) is 3.77. The fraction of sp³-hybridized carbons (Fsp3) is 0.500. The molecule has 2 N–H and O–H groups in total. The lowest BCUT2D eigenvalue weighted by Gasteiger charge is -2.14. The molecule has 1 aromatic carbocycles. The van der Waals surface area contributed by atoms with Crippen molar-refractivity contribution >= 4 is 17.6 Å². The van der Waals surface area contributed by atoms with Gasteiger partial charge in [-0.25, -0.2) is 4.79 Å². The van der Waals surface area contributed by atoms with Crippen molar-refractivity contribution in [2.45, 2.75) is 38.3 Å². The lowest BCUT2D eigenvalue weighted by atomic mass is 10.2. The fourth-order valence-electron chi connectivity index (χ4n) is 2.38. The maximum absolute atomic E-state index is 11.8. The molecule has 0 heterocycles. The average Bonchev–Trinajstić information content (AvgIpc) is 2.89. The van der Waals surface area contributed by atoms with Gasteiger partial charge >= 0.3 is 6.03 Å². The van der Waals surface area contributed by atoms with Crippen LogP contribution < -0.4 is 15.4 Å². The number of amides is 2. The van der Waals surface area contributed by atoms with Crippen molar-refractivity contribution in [2.75, 3.05) is 7.11 Å². The second kappa shape index (κ2) is 6.66. The average molecular weight is 283 g/mol. The van der Waals surface area contributed by atoms with E-state index in [0.29, 0.717) is 23.4 Å². The van der Waals surface area contributed by atoms with Gasteiger partial charge < -0.3 is 15.4 Å². The smallest absolute Gasteiger partial charge is 0.315 e. The molecule has 1 aliphatic carbocycles. The van der Waals surface area contributed by atoms with Crippen LogP contribution in [0.25, 0.3) is 0 Å². The van der Waals surface area contributed by atoms with E-state index in [0.717, 1.165) is 18.4 Å². The second-order valence-corrected chi connectivity index (χ2v) is 5.14. The van der Waals surface area contributed by atoms with E-state index in [4.69, 9.17) is 16.3 Å². The number of rotatable bonds is 4. The summed E-state index contributed by atoms with van der Waals surface area (Å²) in [6.07, 6.45) is 4.54. The van der Waals surface area contributed by atoms with E-state index in [1.165, 1.54) is 12.8 Å². The van der Waals surface area contributed by atoms with Gasteiger partial charge in [-0.3, -0.25) is 0 Å². The van der Waals surface area contributed by atoms with Crippen molar-refractivity contribution in [3.05, 3.63) is 28.8 Å². The summed E-state index contributed by atoms with van der Waals surface area (Å²) in [6.45, 7) is 0.363. The van der Waals surface area contributed by atoms with Crippen LogP contribution in [0, 0.1) is 0 Å². The van der Waals surface area contributed by atoms with Gasteiger partial charge in [-0.05, 0) is 25.0 Å². The molecule has 1 saturated carbocycles. The zero-order valence-corrected chi connectivity index (χ0v) is 11.8. The lowest BCUT2D eigenvalue weighted by molar-refractivity contribution is 0.236. The first kappa shape index (κ1) is 14.0. The van der Waals surface area contributed by atoms with Crippen LogP contribution in [-0.4, -0.2) is 19.2 Å². The van der Waals surface area contributed by atoms with E-state index >= 15 is 0 Å². The first-order valence-electron chi connectivity index (χ1n) is 6.56. The van der Waals surface area contributed by atoms with Crippen molar-refractivity contribution in [3.8, 4) is 5.75 Å². The molecule has 0 radical (unpaired) electrons. The normalized spacial score (nSPS) is 15.3. The highest BCUT2D eigenvalue weighted by molar-refractivity contribution is 6.31. The third-order valence-electron chi connectivity index (χ3n) is 3.41. The Labute approximate surface area is 118 Å². The molecule has 1 fully saturated rings. The fourth-order valence-corrected chi connectivity index (χ4v) is 2.61. The van der Waals surface area contributed by atoms with Crippen LogP contribution in [-0.2, 0) is 6.54 Å². The molecular weight excluding hydrogens is 264 g/mol. The van der Waals surface area contributed by atoms with Gasteiger partial charge in [0.05, 0.1) is 7.11 Å².